The molecular weight excluding hydrogens is 304 g/mol. The standard InChI is InChI=1S/C23H24N2/c1-13-11-12-17-19-18(13)15-9-7-8-10-16(15)21-24-14(2)20(25(19)21)23(5,6)22(17,3)4/h7-12H,1-6H3. The Morgan fingerprint density at radius 3 is 2.24 bits per heavy atom. The molecule has 25 heavy (non-hydrogen) atoms. The predicted octanol–water partition coefficient (Wildman–Crippen LogP) is 5.83. The minimum Gasteiger partial charge on any atom is -0.295 e. The number of hydrogen-bond acceptors (Lipinski definition) is 1. The third-order valence-corrected chi connectivity index (χ3v) is 6.93. The van der Waals surface area contributed by atoms with E-state index in [-0.39, 0.29) is 10.8 Å². The number of imidazole rings is 1. The van der Waals surface area contributed by atoms with Crippen LogP contribution in [-0.4, -0.2) is 9.38 Å². The third-order valence-electron chi connectivity index (χ3n) is 6.93. The maximum atomic E-state index is 5.05. The zero-order valence-electron chi connectivity index (χ0n) is 15.9. The van der Waals surface area contributed by atoms with E-state index in [0.29, 0.717) is 0 Å². The molecule has 1 aliphatic rings. The largest absolute Gasteiger partial charge is 0.295 e. The highest BCUT2D eigenvalue weighted by Gasteiger charge is 2.47. The number of nitrogens with zero attached hydrogens (tertiary/aromatic N) is 2. The zero-order valence-corrected chi connectivity index (χ0v) is 15.9. The number of benzene rings is 2. The molecule has 0 unspecified atom stereocenters. The first-order chi connectivity index (χ1) is 11.8. The van der Waals surface area contributed by atoms with Crippen LogP contribution in [0, 0.1) is 13.8 Å². The average Bonchev–Trinajstić information content (AvgIpc) is 2.91. The van der Waals surface area contributed by atoms with Crippen molar-refractivity contribution in [3.63, 3.8) is 0 Å². The van der Waals surface area contributed by atoms with Gasteiger partial charge in [0, 0.05) is 21.6 Å². The molecule has 2 aromatic heterocycles. The summed E-state index contributed by atoms with van der Waals surface area (Å²) in [6.45, 7) is 13.9. The van der Waals surface area contributed by atoms with Crippen LogP contribution in [0.15, 0.2) is 36.4 Å². The van der Waals surface area contributed by atoms with Crippen molar-refractivity contribution in [2.45, 2.75) is 52.4 Å². The van der Waals surface area contributed by atoms with Gasteiger partial charge in [0.05, 0.1) is 16.9 Å². The molecule has 4 aromatic rings. The lowest BCUT2D eigenvalue weighted by Crippen LogP contribution is -2.44. The molecule has 2 heteroatoms. The second-order valence-electron chi connectivity index (χ2n) is 8.65. The van der Waals surface area contributed by atoms with Gasteiger partial charge in [0.25, 0.3) is 0 Å². The fourth-order valence-corrected chi connectivity index (χ4v) is 4.96. The zero-order chi connectivity index (χ0) is 17.7. The summed E-state index contributed by atoms with van der Waals surface area (Å²) in [6, 6.07) is 13.4. The van der Waals surface area contributed by atoms with E-state index in [2.05, 4.69) is 82.3 Å². The summed E-state index contributed by atoms with van der Waals surface area (Å²) in [4.78, 5) is 5.05. The molecule has 0 saturated heterocycles. The quantitative estimate of drug-likeness (QED) is 0.371. The molecule has 0 radical (unpaired) electrons. The van der Waals surface area contributed by atoms with E-state index in [4.69, 9.17) is 4.98 Å². The lowest BCUT2D eigenvalue weighted by atomic mass is 9.60. The Labute approximate surface area is 148 Å². The van der Waals surface area contributed by atoms with E-state index in [1.54, 1.807) is 0 Å². The third kappa shape index (κ3) is 1.50. The Morgan fingerprint density at radius 2 is 1.52 bits per heavy atom. The topological polar surface area (TPSA) is 17.3 Å². The molecule has 0 N–H and O–H groups in total. The van der Waals surface area contributed by atoms with Gasteiger partial charge in [0.1, 0.15) is 5.65 Å². The van der Waals surface area contributed by atoms with Crippen LogP contribution in [0.25, 0.3) is 27.3 Å². The first-order valence-corrected chi connectivity index (χ1v) is 9.11. The smallest absolute Gasteiger partial charge is 0.145 e. The minimum atomic E-state index is 0.00808. The first-order valence-electron chi connectivity index (χ1n) is 9.11. The second kappa shape index (κ2) is 4.24. The number of hydrogen-bond donors (Lipinski definition) is 0. The lowest BCUT2D eigenvalue weighted by molar-refractivity contribution is 0.287. The molecule has 2 nitrogen and oxygen atoms in total. The Morgan fingerprint density at radius 1 is 0.840 bits per heavy atom. The molecule has 5 rings (SSSR count). The van der Waals surface area contributed by atoms with Crippen LogP contribution in [0.4, 0.5) is 0 Å². The minimum absolute atomic E-state index is 0.00808. The summed E-state index contributed by atoms with van der Waals surface area (Å²) >= 11 is 0. The normalized spacial score (nSPS) is 17.8. The van der Waals surface area contributed by atoms with Gasteiger partial charge in [-0.3, -0.25) is 4.40 Å². The van der Waals surface area contributed by atoms with Crippen molar-refractivity contribution in [3.05, 3.63) is 58.9 Å². The fraction of sp³-hybridized carbons (Fsp3) is 0.348. The molecule has 3 heterocycles. The SMILES string of the molecule is Cc1nc2c3ccccc3c3c(C)ccc4c3n2c1C(C)(C)C4(C)C. The van der Waals surface area contributed by atoms with Gasteiger partial charge in [0.15, 0.2) is 0 Å². The van der Waals surface area contributed by atoms with Gasteiger partial charge in [-0.15, -0.1) is 0 Å². The highest BCUT2D eigenvalue weighted by atomic mass is 15.1. The van der Waals surface area contributed by atoms with E-state index in [9.17, 15) is 0 Å². The highest BCUT2D eigenvalue weighted by molar-refractivity contribution is 6.14. The van der Waals surface area contributed by atoms with E-state index in [1.807, 2.05) is 0 Å². The van der Waals surface area contributed by atoms with Crippen molar-refractivity contribution < 1.29 is 0 Å². The van der Waals surface area contributed by atoms with Gasteiger partial charge < -0.3 is 0 Å². The monoisotopic (exact) mass is 328 g/mol. The summed E-state index contributed by atoms with van der Waals surface area (Å²) in [7, 11) is 0. The van der Waals surface area contributed by atoms with Crippen LogP contribution in [0.2, 0.25) is 0 Å². The van der Waals surface area contributed by atoms with Gasteiger partial charge in [0.2, 0.25) is 0 Å². The molecule has 0 atom stereocenters. The molecule has 0 aliphatic carbocycles. The van der Waals surface area contributed by atoms with Gasteiger partial charge in [-0.1, -0.05) is 64.1 Å². The molecule has 0 amide bonds. The van der Waals surface area contributed by atoms with Crippen molar-refractivity contribution >= 4 is 27.3 Å². The van der Waals surface area contributed by atoms with Gasteiger partial charge in [-0.2, -0.15) is 0 Å². The summed E-state index contributed by atoms with van der Waals surface area (Å²) in [5.41, 5.74) is 7.79. The molecule has 0 saturated carbocycles. The number of aromatic nitrogens is 2. The molecule has 0 fully saturated rings. The highest BCUT2D eigenvalue weighted by Crippen LogP contribution is 2.52. The molecule has 2 aromatic carbocycles. The van der Waals surface area contributed by atoms with E-state index < -0.39 is 0 Å². The van der Waals surface area contributed by atoms with Crippen molar-refractivity contribution in [1.82, 2.24) is 9.38 Å². The first kappa shape index (κ1) is 14.9. The number of rotatable bonds is 0. The average molecular weight is 328 g/mol. The van der Waals surface area contributed by atoms with Gasteiger partial charge in [-0.05, 0) is 30.4 Å². The van der Waals surface area contributed by atoms with Crippen LogP contribution in [0.5, 0.6) is 0 Å². The maximum Gasteiger partial charge on any atom is 0.145 e. The van der Waals surface area contributed by atoms with Crippen LogP contribution in [0.1, 0.15) is 50.2 Å². The summed E-state index contributed by atoms with van der Waals surface area (Å²) in [5.74, 6) is 0. The number of aryl methyl sites for hydroxylation is 2. The van der Waals surface area contributed by atoms with E-state index in [0.717, 1.165) is 11.3 Å². The predicted molar refractivity (Wildman–Crippen MR) is 106 cm³/mol. The Bertz CT molecular complexity index is 1210. The van der Waals surface area contributed by atoms with Crippen LogP contribution in [0.3, 0.4) is 0 Å². The number of fused-ring (bicyclic) bond motifs is 3. The van der Waals surface area contributed by atoms with Crippen LogP contribution < -0.4 is 0 Å². The van der Waals surface area contributed by atoms with Crippen molar-refractivity contribution in [1.29, 1.82) is 0 Å². The fourth-order valence-electron chi connectivity index (χ4n) is 4.96. The Kier molecular flexibility index (Phi) is 2.54. The summed E-state index contributed by atoms with van der Waals surface area (Å²) in [6.07, 6.45) is 0. The molecule has 1 aliphatic heterocycles. The van der Waals surface area contributed by atoms with E-state index in [1.165, 1.54) is 38.5 Å². The molecular formula is C23H24N2. The van der Waals surface area contributed by atoms with Crippen LogP contribution >= 0.6 is 0 Å². The van der Waals surface area contributed by atoms with Crippen molar-refractivity contribution in [2.24, 2.45) is 0 Å². The molecule has 126 valence electrons. The Hall–Kier alpha value is -2.35. The Balaban J connectivity index is 2.26. The summed E-state index contributed by atoms with van der Waals surface area (Å²) < 4.78 is 2.46. The molecule has 0 bridgehead atoms. The summed E-state index contributed by atoms with van der Waals surface area (Å²) in [5, 5.41) is 3.94. The van der Waals surface area contributed by atoms with Gasteiger partial charge >= 0.3 is 0 Å². The van der Waals surface area contributed by atoms with Gasteiger partial charge in [-0.25, -0.2) is 4.98 Å². The van der Waals surface area contributed by atoms with Crippen LogP contribution in [-0.2, 0) is 10.8 Å². The number of pyridine rings is 1. The maximum absolute atomic E-state index is 5.05. The molecule has 0 spiro atoms. The van der Waals surface area contributed by atoms with Crippen molar-refractivity contribution in [2.75, 3.05) is 0 Å². The van der Waals surface area contributed by atoms with E-state index >= 15 is 0 Å². The van der Waals surface area contributed by atoms with Crippen molar-refractivity contribution in [3.8, 4) is 0 Å². The lowest BCUT2D eigenvalue weighted by Gasteiger charge is -2.46. The second-order valence-corrected chi connectivity index (χ2v) is 8.65.